The summed E-state index contributed by atoms with van der Waals surface area (Å²) in [5, 5.41) is 2.72. The van der Waals surface area contributed by atoms with Crippen LogP contribution in [0.5, 0.6) is 0 Å². The first-order valence-electron chi connectivity index (χ1n) is 8.77. The number of nitrogens with one attached hydrogen (secondary N) is 1. The first kappa shape index (κ1) is 18.7. The lowest BCUT2D eigenvalue weighted by Crippen LogP contribution is -2.49. The van der Waals surface area contributed by atoms with Gasteiger partial charge in [-0.15, -0.1) is 11.3 Å². The number of thiazole rings is 1. The van der Waals surface area contributed by atoms with Gasteiger partial charge in [-0.2, -0.15) is 0 Å². The number of aromatic amines is 1. The summed E-state index contributed by atoms with van der Waals surface area (Å²) in [5.74, 6) is 0.0936. The summed E-state index contributed by atoms with van der Waals surface area (Å²) in [4.78, 5) is 38.5. The summed E-state index contributed by atoms with van der Waals surface area (Å²) >= 11 is 1.48. The van der Waals surface area contributed by atoms with E-state index in [0.29, 0.717) is 24.7 Å². The van der Waals surface area contributed by atoms with E-state index < -0.39 is 5.56 Å². The van der Waals surface area contributed by atoms with Crippen molar-refractivity contribution in [1.29, 1.82) is 0 Å². The highest BCUT2D eigenvalue weighted by atomic mass is 32.1. The van der Waals surface area contributed by atoms with E-state index in [1.165, 1.54) is 17.5 Å². The monoisotopic (exact) mass is 376 g/mol. The molecule has 1 fully saturated rings. The van der Waals surface area contributed by atoms with Gasteiger partial charge in [0.2, 0.25) is 0 Å². The van der Waals surface area contributed by atoms with E-state index in [2.05, 4.69) is 15.0 Å². The fraction of sp³-hybridized carbons (Fsp3) is 0.556. The van der Waals surface area contributed by atoms with Gasteiger partial charge in [0.1, 0.15) is 11.3 Å². The van der Waals surface area contributed by atoms with Crippen LogP contribution < -0.4 is 5.56 Å². The van der Waals surface area contributed by atoms with E-state index >= 15 is 0 Å². The molecule has 0 bridgehead atoms. The number of H-pyrrole nitrogens is 1. The maximum atomic E-state index is 13.0. The highest BCUT2D eigenvalue weighted by Crippen LogP contribution is 2.28. The van der Waals surface area contributed by atoms with Crippen molar-refractivity contribution in [3.05, 3.63) is 32.5 Å². The van der Waals surface area contributed by atoms with Crippen LogP contribution in [0.3, 0.4) is 0 Å². The molecular weight excluding hydrogens is 352 g/mol. The molecule has 1 N–H and O–H groups in total. The van der Waals surface area contributed by atoms with Crippen molar-refractivity contribution in [2.75, 3.05) is 13.2 Å². The van der Waals surface area contributed by atoms with E-state index in [-0.39, 0.29) is 23.1 Å². The quantitative estimate of drug-likeness (QED) is 0.886. The van der Waals surface area contributed by atoms with Crippen molar-refractivity contribution in [3.8, 4) is 11.5 Å². The van der Waals surface area contributed by atoms with E-state index in [9.17, 15) is 9.59 Å². The Morgan fingerprint density at radius 1 is 1.50 bits per heavy atom. The Morgan fingerprint density at radius 2 is 2.27 bits per heavy atom. The third-order valence-electron chi connectivity index (χ3n) is 4.60. The fourth-order valence-corrected chi connectivity index (χ4v) is 3.94. The molecule has 2 aromatic rings. The Bertz CT molecular complexity index is 858. The number of nitrogens with zero attached hydrogens (tertiary/aromatic N) is 3. The summed E-state index contributed by atoms with van der Waals surface area (Å²) in [6.07, 6.45) is 2.87. The molecule has 0 aliphatic carbocycles. The van der Waals surface area contributed by atoms with Crippen LogP contribution in [0.25, 0.3) is 11.5 Å². The number of aromatic nitrogens is 3. The highest BCUT2D eigenvalue weighted by molar-refractivity contribution is 7.09. The molecule has 1 amide bonds. The molecule has 2 aromatic heterocycles. The van der Waals surface area contributed by atoms with Crippen LogP contribution in [0.15, 0.2) is 16.4 Å². The molecule has 1 atom stereocenters. The van der Waals surface area contributed by atoms with Crippen molar-refractivity contribution >= 4 is 17.2 Å². The lowest BCUT2D eigenvalue weighted by atomic mass is 9.92. The number of carbonyl (C=O) groups excluding carboxylic acids is 1. The van der Waals surface area contributed by atoms with Crippen molar-refractivity contribution in [2.24, 2.45) is 0 Å². The third-order valence-corrected chi connectivity index (χ3v) is 5.38. The fourth-order valence-electron chi connectivity index (χ4n) is 3.34. The smallest absolute Gasteiger partial charge is 0.264 e. The third kappa shape index (κ3) is 3.86. The highest BCUT2D eigenvalue weighted by Gasteiger charge is 2.34. The maximum absolute atomic E-state index is 13.0. The Kier molecular flexibility index (Phi) is 5.24. The summed E-state index contributed by atoms with van der Waals surface area (Å²) in [7, 11) is 0. The average molecular weight is 376 g/mol. The Morgan fingerprint density at radius 3 is 2.85 bits per heavy atom. The molecule has 0 spiro atoms. The van der Waals surface area contributed by atoms with Crippen LogP contribution in [-0.4, -0.2) is 50.6 Å². The van der Waals surface area contributed by atoms with Gasteiger partial charge in [-0.05, 0) is 40.5 Å². The first-order valence-corrected chi connectivity index (χ1v) is 9.65. The van der Waals surface area contributed by atoms with Gasteiger partial charge in [0.25, 0.3) is 11.5 Å². The van der Waals surface area contributed by atoms with Gasteiger partial charge in [0, 0.05) is 30.8 Å². The van der Waals surface area contributed by atoms with Crippen molar-refractivity contribution in [2.45, 2.75) is 52.2 Å². The van der Waals surface area contributed by atoms with Gasteiger partial charge in [0.05, 0.1) is 10.6 Å². The van der Waals surface area contributed by atoms with Crippen LogP contribution in [0, 0.1) is 6.92 Å². The Hall–Kier alpha value is -2.06. The summed E-state index contributed by atoms with van der Waals surface area (Å²) in [6, 6.07) is 0.0523. The number of rotatable bonds is 4. The number of carbonyl (C=O) groups is 1. The van der Waals surface area contributed by atoms with E-state index in [4.69, 9.17) is 4.74 Å². The molecule has 7 nitrogen and oxygen atoms in total. The van der Waals surface area contributed by atoms with Crippen LogP contribution in [0.4, 0.5) is 0 Å². The molecule has 26 heavy (non-hydrogen) atoms. The second-order valence-electron chi connectivity index (χ2n) is 7.07. The largest absolute Gasteiger partial charge is 0.375 e. The topological polar surface area (TPSA) is 88.2 Å². The first-order chi connectivity index (χ1) is 12.3. The summed E-state index contributed by atoms with van der Waals surface area (Å²) in [5.41, 5.74) is -0.0300. The Labute approximate surface area is 156 Å². The predicted molar refractivity (Wildman–Crippen MR) is 100 cm³/mol. The molecule has 3 rings (SSSR count). The predicted octanol–water partition coefficient (Wildman–Crippen LogP) is 2.62. The zero-order valence-corrected chi connectivity index (χ0v) is 16.4. The number of amides is 1. The lowest BCUT2D eigenvalue weighted by molar-refractivity contribution is -0.0777. The van der Waals surface area contributed by atoms with E-state index in [1.807, 2.05) is 33.1 Å². The van der Waals surface area contributed by atoms with Crippen molar-refractivity contribution < 1.29 is 9.53 Å². The molecule has 0 unspecified atom stereocenters. The zero-order chi connectivity index (χ0) is 18.9. The van der Waals surface area contributed by atoms with Crippen molar-refractivity contribution in [1.82, 2.24) is 19.9 Å². The molecule has 1 aliphatic rings. The standard InChI is InChI=1S/C18H24N4O3S/c1-5-22(12-6-7-25-18(3,4)8-12)17(24)13-9-19-15(21-16(13)23)14-10-26-11(2)20-14/h9-10,12H,5-8H2,1-4H3,(H,19,21,23)/t12-/m1/s1. The molecule has 0 radical (unpaired) electrons. The van der Waals surface area contributed by atoms with E-state index in [1.54, 1.807) is 4.90 Å². The van der Waals surface area contributed by atoms with Crippen LogP contribution >= 0.6 is 11.3 Å². The number of ether oxygens (including phenoxy) is 1. The van der Waals surface area contributed by atoms with Gasteiger partial charge in [-0.1, -0.05) is 0 Å². The minimum atomic E-state index is -0.435. The van der Waals surface area contributed by atoms with Crippen molar-refractivity contribution in [3.63, 3.8) is 0 Å². The second-order valence-corrected chi connectivity index (χ2v) is 8.13. The SMILES string of the molecule is CCN(C(=O)c1cnc(-c2csc(C)n2)[nH]c1=O)[C@@H]1CCOC(C)(C)C1. The van der Waals surface area contributed by atoms with Crippen LogP contribution in [0.1, 0.15) is 49.0 Å². The molecule has 8 heteroatoms. The second kappa shape index (κ2) is 7.28. The van der Waals surface area contributed by atoms with Crippen LogP contribution in [-0.2, 0) is 4.74 Å². The summed E-state index contributed by atoms with van der Waals surface area (Å²) in [6.45, 7) is 9.00. The van der Waals surface area contributed by atoms with Gasteiger partial charge in [0.15, 0.2) is 5.82 Å². The normalized spacial score (nSPS) is 19.3. The molecular formula is C18H24N4O3S. The number of hydrogen-bond donors (Lipinski definition) is 1. The molecule has 140 valence electrons. The Balaban J connectivity index is 1.85. The number of hydrogen-bond acceptors (Lipinski definition) is 6. The van der Waals surface area contributed by atoms with Crippen LogP contribution in [0.2, 0.25) is 0 Å². The average Bonchev–Trinajstić information content (AvgIpc) is 3.01. The zero-order valence-electron chi connectivity index (χ0n) is 15.5. The number of aryl methyl sites for hydroxylation is 1. The van der Waals surface area contributed by atoms with Gasteiger partial charge in [-0.25, -0.2) is 9.97 Å². The van der Waals surface area contributed by atoms with Gasteiger partial charge >= 0.3 is 0 Å². The molecule has 0 saturated carbocycles. The molecule has 1 aliphatic heterocycles. The molecule has 3 heterocycles. The maximum Gasteiger partial charge on any atom is 0.264 e. The molecule has 0 aromatic carbocycles. The van der Waals surface area contributed by atoms with Gasteiger partial charge < -0.3 is 14.6 Å². The van der Waals surface area contributed by atoms with E-state index in [0.717, 1.165) is 17.8 Å². The molecule has 1 saturated heterocycles. The van der Waals surface area contributed by atoms with Gasteiger partial charge in [-0.3, -0.25) is 9.59 Å². The lowest BCUT2D eigenvalue weighted by Gasteiger charge is -2.40. The minimum Gasteiger partial charge on any atom is -0.375 e. The summed E-state index contributed by atoms with van der Waals surface area (Å²) < 4.78 is 5.74. The minimum absolute atomic E-state index is 0.0523.